The molecule has 1 aliphatic rings. The summed E-state index contributed by atoms with van der Waals surface area (Å²) in [4.78, 5) is 14.1. The quantitative estimate of drug-likeness (QED) is 0.834. The highest BCUT2D eigenvalue weighted by Crippen LogP contribution is 2.10. The maximum atomic E-state index is 12.0. The topological polar surface area (TPSA) is 66.5 Å². The predicted octanol–water partition coefficient (Wildman–Crippen LogP) is 0.638. The first-order valence-electron chi connectivity index (χ1n) is 7.76. The van der Waals surface area contributed by atoms with Crippen molar-refractivity contribution in [2.24, 2.45) is 0 Å². The van der Waals surface area contributed by atoms with Crippen LogP contribution in [0, 0.1) is 0 Å². The van der Waals surface area contributed by atoms with Crippen LogP contribution in [0.5, 0.6) is 0 Å². The molecule has 0 radical (unpaired) electrons. The van der Waals surface area contributed by atoms with Gasteiger partial charge in [0.15, 0.2) is 9.84 Å². The van der Waals surface area contributed by atoms with Gasteiger partial charge in [0.2, 0.25) is 5.91 Å². The van der Waals surface area contributed by atoms with Crippen molar-refractivity contribution in [3.05, 3.63) is 35.4 Å². The Bertz CT molecular complexity index is 600. The van der Waals surface area contributed by atoms with Crippen LogP contribution >= 0.6 is 0 Å². The number of amides is 1. The van der Waals surface area contributed by atoms with Gasteiger partial charge in [0.25, 0.3) is 0 Å². The van der Waals surface area contributed by atoms with E-state index in [4.69, 9.17) is 0 Å². The van der Waals surface area contributed by atoms with Gasteiger partial charge >= 0.3 is 0 Å². The highest BCUT2D eigenvalue weighted by molar-refractivity contribution is 7.91. The van der Waals surface area contributed by atoms with Crippen LogP contribution in [0.15, 0.2) is 24.3 Å². The van der Waals surface area contributed by atoms with Crippen LogP contribution in [0.4, 0.5) is 0 Å². The second-order valence-corrected chi connectivity index (χ2v) is 7.95. The minimum Gasteiger partial charge on any atom is -0.355 e. The van der Waals surface area contributed by atoms with Crippen LogP contribution in [0.1, 0.15) is 18.1 Å². The first-order valence-corrected chi connectivity index (χ1v) is 9.58. The molecule has 1 fully saturated rings. The summed E-state index contributed by atoms with van der Waals surface area (Å²) in [6.07, 6.45) is 1.32. The van der Waals surface area contributed by atoms with Gasteiger partial charge in [0, 0.05) is 26.2 Å². The highest BCUT2D eigenvalue weighted by Gasteiger charge is 2.21. The van der Waals surface area contributed by atoms with E-state index < -0.39 is 9.84 Å². The lowest BCUT2D eigenvalue weighted by Crippen LogP contribution is -2.44. The van der Waals surface area contributed by atoms with Gasteiger partial charge in [-0.15, -0.1) is 0 Å². The Kier molecular flexibility index (Phi) is 5.97. The normalized spacial score (nSPS) is 18.0. The molecule has 1 amide bonds. The lowest BCUT2D eigenvalue weighted by molar-refractivity contribution is -0.120. The zero-order valence-corrected chi connectivity index (χ0v) is 13.9. The SMILES string of the molecule is CCc1ccccc1CC(=O)NCCN1CCS(=O)(=O)CC1. The largest absolute Gasteiger partial charge is 0.355 e. The van der Waals surface area contributed by atoms with Crippen molar-refractivity contribution in [3.8, 4) is 0 Å². The molecule has 0 aromatic heterocycles. The molecule has 1 N–H and O–H groups in total. The number of carbonyl (C=O) groups is 1. The van der Waals surface area contributed by atoms with Gasteiger partial charge < -0.3 is 5.32 Å². The monoisotopic (exact) mass is 324 g/mol. The number of rotatable bonds is 6. The average molecular weight is 324 g/mol. The summed E-state index contributed by atoms with van der Waals surface area (Å²) in [6, 6.07) is 7.99. The fourth-order valence-electron chi connectivity index (χ4n) is 2.64. The van der Waals surface area contributed by atoms with E-state index in [2.05, 4.69) is 23.2 Å². The molecule has 1 saturated heterocycles. The summed E-state index contributed by atoms with van der Waals surface area (Å²) in [7, 11) is -2.83. The summed E-state index contributed by atoms with van der Waals surface area (Å²) in [5.74, 6) is 0.473. The van der Waals surface area contributed by atoms with Crippen molar-refractivity contribution < 1.29 is 13.2 Å². The maximum Gasteiger partial charge on any atom is 0.224 e. The van der Waals surface area contributed by atoms with E-state index >= 15 is 0 Å². The average Bonchev–Trinajstić information content (AvgIpc) is 2.49. The fourth-order valence-corrected chi connectivity index (χ4v) is 3.91. The van der Waals surface area contributed by atoms with Crippen LogP contribution in [0.2, 0.25) is 0 Å². The van der Waals surface area contributed by atoms with Crippen molar-refractivity contribution >= 4 is 15.7 Å². The minimum atomic E-state index is -2.83. The molecule has 0 aliphatic carbocycles. The van der Waals surface area contributed by atoms with Gasteiger partial charge in [-0.05, 0) is 17.5 Å². The molecule has 122 valence electrons. The van der Waals surface area contributed by atoms with Crippen LogP contribution in [0.3, 0.4) is 0 Å². The van der Waals surface area contributed by atoms with Crippen molar-refractivity contribution in [1.82, 2.24) is 10.2 Å². The van der Waals surface area contributed by atoms with Crippen molar-refractivity contribution in [2.45, 2.75) is 19.8 Å². The Morgan fingerprint density at radius 3 is 2.45 bits per heavy atom. The number of nitrogens with zero attached hydrogens (tertiary/aromatic N) is 1. The molecule has 0 saturated carbocycles. The van der Waals surface area contributed by atoms with Gasteiger partial charge in [-0.2, -0.15) is 0 Å². The second kappa shape index (κ2) is 7.74. The molecule has 0 atom stereocenters. The number of sulfone groups is 1. The number of nitrogens with one attached hydrogen (secondary N) is 1. The molecule has 0 unspecified atom stereocenters. The third-order valence-electron chi connectivity index (χ3n) is 4.04. The van der Waals surface area contributed by atoms with E-state index in [1.807, 2.05) is 18.2 Å². The summed E-state index contributed by atoms with van der Waals surface area (Å²) >= 11 is 0. The number of hydrogen-bond acceptors (Lipinski definition) is 4. The molecule has 0 bridgehead atoms. The van der Waals surface area contributed by atoms with Gasteiger partial charge in [-0.1, -0.05) is 31.2 Å². The standard InChI is InChI=1S/C16H24N2O3S/c1-2-14-5-3-4-6-15(14)13-16(19)17-7-8-18-9-11-22(20,21)12-10-18/h3-6H,2,7-13H2,1H3,(H,17,19). The zero-order chi connectivity index (χ0) is 16.0. The first kappa shape index (κ1) is 17.0. The smallest absolute Gasteiger partial charge is 0.224 e. The molecule has 1 heterocycles. The first-order chi connectivity index (χ1) is 10.5. The molecular weight excluding hydrogens is 300 g/mol. The molecule has 22 heavy (non-hydrogen) atoms. The van der Waals surface area contributed by atoms with Crippen LogP contribution in [-0.2, 0) is 27.5 Å². The molecule has 1 aromatic carbocycles. The van der Waals surface area contributed by atoms with Gasteiger partial charge in [0.1, 0.15) is 0 Å². The number of hydrogen-bond donors (Lipinski definition) is 1. The van der Waals surface area contributed by atoms with Gasteiger partial charge in [-0.3, -0.25) is 9.69 Å². The molecule has 6 heteroatoms. The Morgan fingerprint density at radius 1 is 1.18 bits per heavy atom. The molecule has 1 aliphatic heterocycles. The number of benzene rings is 1. The highest BCUT2D eigenvalue weighted by atomic mass is 32.2. The minimum absolute atomic E-state index is 0.0190. The fraction of sp³-hybridized carbons (Fsp3) is 0.562. The molecule has 1 aromatic rings. The molecule has 2 rings (SSSR count). The number of carbonyl (C=O) groups excluding carboxylic acids is 1. The summed E-state index contributed by atoms with van der Waals surface area (Å²) in [5, 5.41) is 2.92. The van der Waals surface area contributed by atoms with E-state index in [0.29, 0.717) is 32.6 Å². The van der Waals surface area contributed by atoms with E-state index in [9.17, 15) is 13.2 Å². The predicted molar refractivity (Wildman–Crippen MR) is 87.6 cm³/mol. The Morgan fingerprint density at radius 2 is 1.82 bits per heavy atom. The van der Waals surface area contributed by atoms with Crippen molar-refractivity contribution in [2.75, 3.05) is 37.7 Å². The second-order valence-electron chi connectivity index (χ2n) is 5.64. The van der Waals surface area contributed by atoms with Gasteiger partial charge in [0.05, 0.1) is 17.9 Å². The summed E-state index contributed by atoms with van der Waals surface area (Å²) in [5.41, 5.74) is 2.28. The Balaban J connectivity index is 1.72. The van der Waals surface area contributed by atoms with Crippen LogP contribution in [-0.4, -0.2) is 56.9 Å². The van der Waals surface area contributed by atoms with E-state index in [1.54, 1.807) is 0 Å². The molecule has 5 nitrogen and oxygen atoms in total. The Hall–Kier alpha value is -1.40. The van der Waals surface area contributed by atoms with E-state index in [0.717, 1.165) is 12.0 Å². The van der Waals surface area contributed by atoms with Crippen molar-refractivity contribution in [3.63, 3.8) is 0 Å². The number of aryl methyl sites for hydroxylation is 1. The zero-order valence-electron chi connectivity index (χ0n) is 13.0. The molecule has 0 spiro atoms. The van der Waals surface area contributed by atoms with E-state index in [-0.39, 0.29) is 17.4 Å². The van der Waals surface area contributed by atoms with Gasteiger partial charge in [-0.25, -0.2) is 8.42 Å². The van der Waals surface area contributed by atoms with E-state index in [1.165, 1.54) is 5.56 Å². The lowest BCUT2D eigenvalue weighted by Gasteiger charge is -2.26. The third-order valence-corrected chi connectivity index (χ3v) is 5.65. The third kappa shape index (κ3) is 5.10. The molecular formula is C16H24N2O3S. The van der Waals surface area contributed by atoms with Crippen molar-refractivity contribution in [1.29, 1.82) is 0 Å². The van der Waals surface area contributed by atoms with Crippen LogP contribution in [0.25, 0.3) is 0 Å². The lowest BCUT2D eigenvalue weighted by atomic mass is 10.0. The maximum absolute atomic E-state index is 12.0. The summed E-state index contributed by atoms with van der Waals surface area (Å²) in [6.45, 7) is 4.48. The van der Waals surface area contributed by atoms with Crippen LogP contribution < -0.4 is 5.32 Å². The Labute approximate surface area is 132 Å². The summed E-state index contributed by atoms with van der Waals surface area (Å²) < 4.78 is 22.7.